The van der Waals surface area contributed by atoms with Gasteiger partial charge in [0.05, 0.1) is 27.5 Å². The Hall–Kier alpha value is -2.20. The van der Waals surface area contributed by atoms with Crippen LogP contribution in [0.4, 0.5) is 5.69 Å². The Balaban J connectivity index is 1.95. The van der Waals surface area contributed by atoms with E-state index < -0.39 is 44.5 Å². The zero-order valence-corrected chi connectivity index (χ0v) is 14.7. The molecule has 1 N–H and O–H groups in total. The van der Waals surface area contributed by atoms with Gasteiger partial charge < -0.3 is 10.1 Å². The standard InChI is InChI=1S/C14H15ClN2O7S/c1-14(4-5-25(22,23)8-14)16-12(18)7-24-13(19)9-2-3-10(15)11(6-9)17(20)21/h2-3,6H,4-5,7-8H2,1H3,(H,16,18)/t14-/m1/s1. The Morgan fingerprint density at radius 2 is 2.12 bits per heavy atom. The van der Waals surface area contributed by atoms with Crippen molar-refractivity contribution in [2.24, 2.45) is 0 Å². The van der Waals surface area contributed by atoms with E-state index >= 15 is 0 Å². The Morgan fingerprint density at radius 1 is 1.44 bits per heavy atom. The van der Waals surface area contributed by atoms with Gasteiger partial charge in [0.2, 0.25) is 0 Å². The maximum atomic E-state index is 11.9. The number of benzene rings is 1. The van der Waals surface area contributed by atoms with Crippen molar-refractivity contribution in [1.82, 2.24) is 5.32 Å². The van der Waals surface area contributed by atoms with Crippen molar-refractivity contribution in [2.45, 2.75) is 18.9 Å². The number of amides is 1. The number of rotatable bonds is 5. The second-order valence-corrected chi connectivity index (χ2v) is 8.54. The molecule has 1 atom stereocenters. The molecule has 1 fully saturated rings. The van der Waals surface area contributed by atoms with E-state index in [2.05, 4.69) is 5.32 Å². The smallest absolute Gasteiger partial charge is 0.338 e. The molecule has 1 aliphatic rings. The maximum absolute atomic E-state index is 11.9. The number of ether oxygens (including phenoxy) is 1. The molecule has 1 aromatic carbocycles. The van der Waals surface area contributed by atoms with Crippen LogP contribution in [0.25, 0.3) is 0 Å². The van der Waals surface area contributed by atoms with Gasteiger partial charge >= 0.3 is 5.97 Å². The van der Waals surface area contributed by atoms with Gasteiger partial charge in [-0.05, 0) is 25.5 Å². The van der Waals surface area contributed by atoms with Gasteiger partial charge in [-0.25, -0.2) is 13.2 Å². The Labute approximate surface area is 148 Å². The summed E-state index contributed by atoms with van der Waals surface area (Å²) in [6, 6.07) is 3.37. The van der Waals surface area contributed by atoms with Crippen LogP contribution >= 0.6 is 11.6 Å². The number of nitro groups is 1. The minimum absolute atomic E-state index is 0.0159. The molecule has 1 heterocycles. The maximum Gasteiger partial charge on any atom is 0.338 e. The molecule has 0 bridgehead atoms. The van der Waals surface area contributed by atoms with E-state index in [1.54, 1.807) is 6.92 Å². The fourth-order valence-corrected chi connectivity index (χ4v) is 4.76. The van der Waals surface area contributed by atoms with Gasteiger partial charge in [0, 0.05) is 6.07 Å². The van der Waals surface area contributed by atoms with Crippen molar-refractivity contribution in [3.05, 3.63) is 38.9 Å². The monoisotopic (exact) mass is 390 g/mol. The zero-order valence-electron chi connectivity index (χ0n) is 13.2. The highest BCUT2D eigenvalue weighted by Crippen LogP contribution is 2.25. The SMILES string of the molecule is C[C@@]1(NC(=O)COC(=O)c2ccc(Cl)c([N+](=O)[O-])c2)CCS(=O)(=O)C1. The molecule has 1 saturated heterocycles. The first-order valence-electron chi connectivity index (χ1n) is 7.14. The largest absolute Gasteiger partial charge is 0.452 e. The van der Waals surface area contributed by atoms with Crippen LogP contribution in [0.15, 0.2) is 18.2 Å². The van der Waals surface area contributed by atoms with Gasteiger partial charge in [-0.2, -0.15) is 0 Å². The number of sulfone groups is 1. The summed E-state index contributed by atoms with van der Waals surface area (Å²) in [6.07, 6.45) is 0.276. The lowest BCUT2D eigenvalue weighted by atomic mass is 10.0. The van der Waals surface area contributed by atoms with Gasteiger partial charge in [-0.1, -0.05) is 11.6 Å². The summed E-state index contributed by atoms with van der Waals surface area (Å²) in [7, 11) is -3.19. The van der Waals surface area contributed by atoms with Crippen LogP contribution in [0.2, 0.25) is 5.02 Å². The number of hydrogen-bond donors (Lipinski definition) is 1. The van der Waals surface area contributed by atoms with E-state index in [9.17, 15) is 28.1 Å². The van der Waals surface area contributed by atoms with Crippen LogP contribution in [-0.2, 0) is 19.4 Å². The molecule has 25 heavy (non-hydrogen) atoms. The average molecular weight is 391 g/mol. The van der Waals surface area contributed by atoms with Gasteiger partial charge in [0.1, 0.15) is 5.02 Å². The molecule has 1 aromatic rings. The summed E-state index contributed by atoms with van der Waals surface area (Å²) in [5.74, 6) is -1.78. The number of halogens is 1. The third kappa shape index (κ3) is 4.89. The summed E-state index contributed by atoms with van der Waals surface area (Å²) >= 11 is 5.65. The lowest BCUT2D eigenvalue weighted by Crippen LogP contribution is -2.48. The molecule has 11 heteroatoms. The number of nitro benzene ring substituents is 1. The third-order valence-electron chi connectivity index (χ3n) is 3.66. The number of nitrogens with zero attached hydrogens (tertiary/aromatic N) is 1. The fourth-order valence-electron chi connectivity index (χ4n) is 2.48. The summed E-state index contributed by atoms with van der Waals surface area (Å²) < 4.78 is 27.8. The highest BCUT2D eigenvalue weighted by atomic mass is 35.5. The summed E-state index contributed by atoms with van der Waals surface area (Å²) in [4.78, 5) is 33.8. The fraction of sp³-hybridized carbons (Fsp3) is 0.429. The molecule has 1 amide bonds. The van der Waals surface area contributed by atoms with E-state index in [1.165, 1.54) is 12.1 Å². The van der Waals surface area contributed by atoms with Crippen molar-refractivity contribution in [2.75, 3.05) is 18.1 Å². The highest BCUT2D eigenvalue weighted by molar-refractivity contribution is 7.91. The van der Waals surface area contributed by atoms with E-state index in [-0.39, 0.29) is 28.5 Å². The van der Waals surface area contributed by atoms with E-state index in [1.807, 2.05) is 0 Å². The van der Waals surface area contributed by atoms with Crippen LogP contribution < -0.4 is 5.32 Å². The summed E-state index contributed by atoms with van der Waals surface area (Å²) in [5, 5.41) is 13.2. The third-order valence-corrected chi connectivity index (χ3v) is 5.88. The van der Waals surface area contributed by atoms with Crippen LogP contribution in [0.3, 0.4) is 0 Å². The predicted octanol–water partition coefficient (Wildman–Crippen LogP) is 1.10. The van der Waals surface area contributed by atoms with Gasteiger partial charge in [-0.3, -0.25) is 14.9 Å². The van der Waals surface area contributed by atoms with E-state index in [4.69, 9.17) is 16.3 Å². The number of carbonyl (C=O) groups excluding carboxylic acids is 2. The van der Waals surface area contributed by atoms with Crippen molar-refractivity contribution in [1.29, 1.82) is 0 Å². The molecule has 0 spiro atoms. The molecule has 2 rings (SSSR count). The number of carbonyl (C=O) groups is 2. The summed E-state index contributed by atoms with van der Waals surface area (Å²) in [6.45, 7) is 0.963. The second-order valence-electron chi connectivity index (χ2n) is 5.95. The van der Waals surface area contributed by atoms with Gasteiger partial charge in [0.15, 0.2) is 16.4 Å². The topological polar surface area (TPSA) is 133 Å². The van der Waals surface area contributed by atoms with Crippen LogP contribution in [0, 0.1) is 10.1 Å². The van der Waals surface area contributed by atoms with Crippen molar-refractivity contribution >= 4 is 39.0 Å². The Kier molecular flexibility index (Phi) is 5.33. The molecule has 0 aromatic heterocycles. The van der Waals surface area contributed by atoms with Crippen molar-refractivity contribution in [3.63, 3.8) is 0 Å². The molecule has 1 aliphatic heterocycles. The molecule has 0 saturated carbocycles. The second kappa shape index (κ2) is 6.96. The zero-order chi connectivity index (χ0) is 18.8. The first-order chi connectivity index (χ1) is 11.5. The average Bonchev–Trinajstić information content (AvgIpc) is 2.78. The van der Waals surface area contributed by atoms with Gasteiger partial charge in [0.25, 0.3) is 11.6 Å². The normalized spacial score (nSPS) is 21.5. The Bertz CT molecular complexity index is 840. The minimum Gasteiger partial charge on any atom is -0.452 e. The van der Waals surface area contributed by atoms with Crippen LogP contribution in [0.1, 0.15) is 23.7 Å². The highest BCUT2D eigenvalue weighted by Gasteiger charge is 2.39. The Morgan fingerprint density at radius 3 is 2.68 bits per heavy atom. The van der Waals surface area contributed by atoms with Crippen LogP contribution in [0.5, 0.6) is 0 Å². The number of nitrogens with one attached hydrogen (secondary N) is 1. The lowest BCUT2D eigenvalue weighted by molar-refractivity contribution is -0.384. The minimum atomic E-state index is -3.19. The molecular formula is C14H15ClN2O7S. The number of hydrogen-bond acceptors (Lipinski definition) is 7. The number of esters is 1. The quantitative estimate of drug-likeness (QED) is 0.452. The van der Waals surface area contributed by atoms with E-state index in [0.717, 1.165) is 6.07 Å². The predicted molar refractivity (Wildman–Crippen MR) is 88.2 cm³/mol. The molecule has 136 valence electrons. The molecular weight excluding hydrogens is 376 g/mol. The molecule has 0 radical (unpaired) electrons. The molecule has 0 unspecified atom stereocenters. The molecule has 0 aliphatic carbocycles. The van der Waals surface area contributed by atoms with E-state index in [0.29, 0.717) is 0 Å². The molecule has 9 nitrogen and oxygen atoms in total. The first-order valence-corrected chi connectivity index (χ1v) is 9.34. The van der Waals surface area contributed by atoms with Crippen molar-refractivity contribution < 1.29 is 27.7 Å². The van der Waals surface area contributed by atoms with Crippen molar-refractivity contribution in [3.8, 4) is 0 Å². The summed E-state index contributed by atoms with van der Waals surface area (Å²) in [5.41, 5.74) is -1.48. The lowest BCUT2D eigenvalue weighted by Gasteiger charge is -2.23. The van der Waals surface area contributed by atoms with Gasteiger partial charge in [-0.15, -0.1) is 0 Å². The van der Waals surface area contributed by atoms with Crippen LogP contribution in [-0.4, -0.2) is 48.9 Å². The first kappa shape index (κ1) is 19.1.